The summed E-state index contributed by atoms with van der Waals surface area (Å²) >= 11 is 0. The van der Waals surface area contributed by atoms with Crippen molar-refractivity contribution in [1.29, 1.82) is 10.5 Å². The van der Waals surface area contributed by atoms with Crippen molar-refractivity contribution in [2.24, 2.45) is 0 Å². The second-order valence-corrected chi connectivity index (χ2v) is 4.26. The molecule has 0 spiro atoms. The second kappa shape index (κ2) is 5.47. The van der Waals surface area contributed by atoms with E-state index in [0.717, 1.165) is 26.2 Å². The van der Waals surface area contributed by atoms with Gasteiger partial charge in [-0.1, -0.05) is 6.42 Å². The van der Waals surface area contributed by atoms with Crippen molar-refractivity contribution in [3.8, 4) is 12.1 Å². The molecule has 5 heteroatoms. The van der Waals surface area contributed by atoms with Crippen LogP contribution in [-0.2, 0) is 6.54 Å². The average Bonchev–Trinajstić information content (AvgIpc) is 2.79. The fourth-order valence-corrected chi connectivity index (χ4v) is 2.18. The molecule has 0 radical (unpaired) electrons. The van der Waals surface area contributed by atoms with Gasteiger partial charge in [0, 0.05) is 13.1 Å². The highest BCUT2D eigenvalue weighted by molar-refractivity contribution is 5.35. The van der Waals surface area contributed by atoms with Crippen LogP contribution >= 0.6 is 0 Å². The molecule has 0 atom stereocenters. The van der Waals surface area contributed by atoms with Crippen LogP contribution in [0.25, 0.3) is 0 Å². The van der Waals surface area contributed by atoms with Crippen LogP contribution in [0.4, 0.5) is 0 Å². The molecule has 1 fully saturated rings. The van der Waals surface area contributed by atoms with Gasteiger partial charge in [0.2, 0.25) is 0 Å². The number of aromatic nitrogens is 2. The number of likely N-dealkylation sites (tertiary alicyclic amines) is 1. The fraction of sp³-hybridized carbons (Fsp3) is 0.583. The van der Waals surface area contributed by atoms with Gasteiger partial charge in [-0.25, -0.2) is 4.98 Å². The van der Waals surface area contributed by atoms with Gasteiger partial charge >= 0.3 is 0 Å². The van der Waals surface area contributed by atoms with Gasteiger partial charge < -0.3 is 9.47 Å². The first-order chi connectivity index (χ1) is 8.35. The first-order valence-corrected chi connectivity index (χ1v) is 5.93. The third-order valence-corrected chi connectivity index (χ3v) is 3.16. The van der Waals surface area contributed by atoms with Gasteiger partial charge in [0.25, 0.3) is 0 Å². The molecule has 5 nitrogen and oxygen atoms in total. The van der Waals surface area contributed by atoms with Crippen molar-refractivity contribution in [2.45, 2.75) is 25.8 Å². The van der Waals surface area contributed by atoms with Crippen LogP contribution in [-0.4, -0.2) is 34.1 Å². The van der Waals surface area contributed by atoms with Gasteiger partial charge in [0.15, 0.2) is 11.4 Å². The molecule has 1 aromatic heterocycles. The van der Waals surface area contributed by atoms with Gasteiger partial charge in [0.05, 0.1) is 6.33 Å². The van der Waals surface area contributed by atoms with E-state index >= 15 is 0 Å². The topological polar surface area (TPSA) is 68.6 Å². The zero-order valence-corrected chi connectivity index (χ0v) is 9.76. The minimum Gasteiger partial charge on any atom is -0.320 e. The number of nitrogens with zero attached hydrogens (tertiary/aromatic N) is 5. The lowest BCUT2D eigenvalue weighted by Gasteiger charge is -2.26. The van der Waals surface area contributed by atoms with E-state index in [1.54, 1.807) is 10.9 Å². The number of piperidine rings is 1. The summed E-state index contributed by atoms with van der Waals surface area (Å²) in [6.45, 7) is 3.94. The Morgan fingerprint density at radius 1 is 1.12 bits per heavy atom. The van der Waals surface area contributed by atoms with Gasteiger partial charge in [0.1, 0.15) is 12.1 Å². The Bertz CT molecular complexity index is 456. The summed E-state index contributed by atoms with van der Waals surface area (Å²) in [4.78, 5) is 6.33. The molecule has 0 aromatic carbocycles. The number of imidazole rings is 1. The van der Waals surface area contributed by atoms with E-state index in [2.05, 4.69) is 9.88 Å². The summed E-state index contributed by atoms with van der Waals surface area (Å²) in [6.07, 6.45) is 5.43. The van der Waals surface area contributed by atoms with Crippen LogP contribution in [0.2, 0.25) is 0 Å². The highest BCUT2D eigenvalue weighted by Crippen LogP contribution is 2.10. The molecular formula is C12H15N5. The van der Waals surface area contributed by atoms with E-state index in [9.17, 15) is 0 Å². The number of rotatable bonds is 3. The maximum Gasteiger partial charge on any atom is 0.176 e. The van der Waals surface area contributed by atoms with Crippen LogP contribution in [0.3, 0.4) is 0 Å². The van der Waals surface area contributed by atoms with E-state index < -0.39 is 0 Å². The molecule has 1 saturated heterocycles. The van der Waals surface area contributed by atoms with Crippen LogP contribution in [0.15, 0.2) is 6.33 Å². The lowest BCUT2D eigenvalue weighted by Crippen LogP contribution is -2.32. The largest absolute Gasteiger partial charge is 0.320 e. The summed E-state index contributed by atoms with van der Waals surface area (Å²) in [5.74, 6) is 0. The summed E-state index contributed by atoms with van der Waals surface area (Å²) in [7, 11) is 0. The Morgan fingerprint density at radius 3 is 2.53 bits per heavy atom. The van der Waals surface area contributed by atoms with Gasteiger partial charge in [-0.15, -0.1) is 0 Å². The van der Waals surface area contributed by atoms with E-state index in [-0.39, 0.29) is 5.69 Å². The zero-order chi connectivity index (χ0) is 12.1. The van der Waals surface area contributed by atoms with Crippen molar-refractivity contribution in [3.63, 3.8) is 0 Å². The molecular weight excluding hydrogens is 214 g/mol. The summed E-state index contributed by atoms with van der Waals surface area (Å²) < 4.78 is 1.77. The highest BCUT2D eigenvalue weighted by Gasteiger charge is 2.13. The molecule has 0 bridgehead atoms. The molecule has 0 saturated carbocycles. The number of hydrogen-bond donors (Lipinski definition) is 0. The van der Waals surface area contributed by atoms with Gasteiger partial charge in [-0.3, -0.25) is 0 Å². The number of nitriles is 2. The Morgan fingerprint density at radius 2 is 1.88 bits per heavy atom. The van der Waals surface area contributed by atoms with E-state index in [0.29, 0.717) is 5.69 Å². The van der Waals surface area contributed by atoms with Crippen molar-refractivity contribution in [1.82, 2.24) is 14.5 Å². The molecule has 0 amide bonds. The predicted molar refractivity (Wildman–Crippen MR) is 61.9 cm³/mol. The van der Waals surface area contributed by atoms with E-state index in [4.69, 9.17) is 10.5 Å². The Labute approximate surface area is 101 Å². The summed E-state index contributed by atoms with van der Waals surface area (Å²) in [6, 6.07) is 3.98. The Kier molecular flexibility index (Phi) is 3.74. The SMILES string of the molecule is N#Cc1ncn(CCN2CCCCC2)c1C#N. The predicted octanol–water partition coefficient (Wildman–Crippen LogP) is 1.11. The van der Waals surface area contributed by atoms with Gasteiger partial charge in [-0.2, -0.15) is 10.5 Å². The third-order valence-electron chi connectivity index (χ3n) is 3.16. The van der Waals surface area contributed by atoms with Crippen LogP contribution in [0.5, 0.6) is 0 Å². The molecule has 2 heterocycles. The quantitative estimate of drug-likeness (QED) is 0.778. The smallest absolute Gasteiger partial charge is 0.176 e. The monoisotopic (exact) mass is 229 g/mol. The molecule has 1 aliphatic rings. The Balaban J connectivity index is 1.97. The van der Waals surface area contributed by atoms with Crippen molar-refractivity contribution in [2.75, 3.05) is 19.6 Å². The molecule has 1 aliphatic heterocycles. The maximum atomic E-state index is 8.98. The van der Waals surface area contributed by atoms with Gasteiger partial charge in [-0.05, 0) is 25.9 Å². The number of hydrogen-bond acceptors (Lipinski definition) is 4. The van der Waals surface area contributed by atoms with Crippen molar-refractivity contribution >= 4 is 0 Å². The van der Waals surface area contributed by atoms with Crippen LogP contribution in [0, 0.1) is 22.7 Å². The standard InChI is InChI=1S/C12H15N5/c13-8-11-12(9-14)17(10-15-11)7-6-16-4-2-1-3-5-16/h10H,1-7H2. The van der Waals surface area contributed by atoms with E-state index in [1.807, 2.05) is 12.1 Å². The van der Waals surface area contributed by atoms with E-state index in [1.165, 1.54) is 19.3 Å². The highest BCUT2D eigenvalue weighted by atomic mass is 15.2. The van der Waals surface area contributed by atoms with Crippen molar-refractivity contribution < 1.29 is 0 Å². The summed E-state index contributed by atoms with van der Waals surface area (Å²) in [5.41, 5.74) is 0.607. The van der Waals surface area contributed by atoms with Crippen LogP contribution in [0.1, 0.15) is 30.7 Å². The first kappa shape index (κ1) is 11.6. The van der Waals surface area contributed by atoms with Crippen LogP contribution < -0.4 is 0 Å². The average molecular weight is 229 g/mol. The molecule has 17 heavy (non-hydrogen) atoms. The molecule has 88 valence electrons. The third kappa shape index (κ3) is 2.64. The maximum absolute atomic E-state index is 8.98. The summed E-state index contributed by atoms with van der Waals surface area (Å²) in [5, 5.41) is 17.8. The second-order valence-electron chi connectivity index (χ2n) is 4.26. The Hall–Kier alpha value is -1.85. The molecule has 0 unspecified atom stereocenters. The molecule has 0 N–H and O–H groups in total. The molecule has 2 rings (SSSR count). The zero-order valence-electron chi connectivity index (χ0n) is 9.76. The fourth-order valence-electron chi connectivity index (χ4n) is 2.18. The molecule has 1 aromatic rings. The lowest BCUT2D eigenvalue weighted by atomic mass is 10.1. The minimum atomic E-state index is 0.228. The first-order valence-electron chi connectivity index (χ1n) is 5.93. The minimum absolute atomic E-state index is 0.228. The lowest BCUT2D eigenvalue weighted by molar-refractivity contribution is 0.220. The molecule has 0 aliphatic carbocycles. The van der Waals surface area contributed by atoms with Crippen molar-refractivity contribution in [3.05, 3.63) is 17.7 Å². The normalized spacial score (nSPS) is 16.4.